The fourth-order valence-electron chi connectivity index (χ4n) is 1.50. The number of rotatable bonds is 1. The summed E-state index contributed by atoms with van der Waals surface area (Å²) in [6.45, 7) is 4.28. The van der Waals surface area contributed by atoms with Crippen molar-refractivity contribution in [1.82, 2.24) is 0 Å². The molecule has 0 spiro atoms. The van der Waals surface area contributed by atoms with Gasteiger partial charge in [-0.2, -0.15) is 0 Å². The fraction of sp³-hybridized carbons (Fsp3) is 0.167. The number of aryl methyl sites for hydroxylation is 1. The Kier molecular flexibility index (Phi) is 2.75. The molecular formula is C12H11BrS. The van der Waals surface area contributed by atoms with E-state index in [0.717, 1.165) is 0 Å². The molecule has 0 bridgehead atoms. The smallest absolute Gasteiger partial charge is 0.0345 e. The minimum atomic E-state index is 1.20. The van der Waals surface area contributed by atoms with E-state index >= 15 is 0 Å². The van der Waals surface area contributed by atoms with Crippen molar-refractivity contribution in [2.75, 3.05) is 0 Å². The van der Waals surface area contributed by atoms with E-state index < -0.39 is 0 Å². The van der Waals surface area contributed by atoms with Gasteiger partial charge in [-0.05, 0) is 48.1 Å². The van der Waals surface area contributed by atoms with Gasteiger partial charge >= 0.3 is 0 Å². The van der Waals surface area contributed by atoms with Crippen LogP contribution < -0.4 is 0 Å². The van der Waals surface area contributed by atoms with Crippen molar-refractivity contribution in [2.24, 2.45) is 0 Å². The molecule has 0 fully saturated rings. The van der Waals surface area contributed by atoms with Crippen LogP contribution >= 0.6 is 27.3 Å². The van der Waals surface area contributed by atoms with Crippen LogP contribution in [-0.2, 0) is 0 Å². The van der Waals surface area contributed by atoms with Crippen molar-refractivity contribution in [3.8, 4) is 10.4 Å². The quantitative estimate of drug-likeness (QED) is 0.696. The molecule has 0 amide bonds. The van der Waals surface area contributed by atoms with E-state index in [1.54, 1.807) is 11.3 Å². The maximum Gasteiger partial charge on any atom is 0.0345 e. The lowest BCUT2D eigenvalue weighted by Crippen LogP contribution is -1.84. The minimum absolute atomic E-state index is 1.20. The van der Waals surface area contributed by atoms with Crippen LogP contribution in [0.3, 0.4) is 0 Å². The highest BCUT2D eigenvalue weighted by atomic mass is 79.9. The third kappa shape index (κ3) is 1.77. The van der Waals surface area contributed by atoms with E-state index in [0.29, 0.717) is 0 Å². The van der Waals surface area contributed by atoms with Crippen LogP contribution in [0.2, 0.25) is 0 Å². The van der Waals surface area contributed by atoms with Gasteiger partial charge in [-0.1, -0.05) is 28.1 Å². The molecule has 1 aromatic heterocycles. The number of benzene rings is 1. The van der Waals surface area contributed by atoms with Crippen molar-refractivity contribution < 1.29 is 0 Å². The summed E-state index contributed by atoms with van der Waals surface area (Å²) in [5.74, 6) is 0. The normalized spacial score (nSPS) is 10.5. The topological polar surface area (TPSA) is 0 Å². The van der Waals surface area contributed by atoms with Crippen LogP contribution in [0.1, 0.15) is 11.1 Å². The Hall–Kier alpha value is -0.600. The molecule has 0 radical (unpaired) electrons. The number of hydrogen-bond donors (Lipinski definition) is 0. The minimum Gasteiger partial charge on any atom is -0.144 e. The number of hydrogen-bond acceptors (Lipinski definition) is 1. The van der Waals surface area contributed by atoms with Gasteiger partial charge < -0.3 is 0 Å². The molecule has 0 aliphatic carbocycles. The molecular weight excluding hydrogens is 256 g/mol. The summed E-state index contributed by atoms with van der Waals surface area (Å²) in [6, 6.07) is 8.66. The summed E-state index contributed by atoms with van der Waals surface area (Å²) in [6.07, 6.45) is 0. The fourth-order valence-corrected chi connectivity index (χ4v) is 2.88. The predicted molar refractivity (Wildman–Crippen MR) is 66.9 cm³/mol. The molecule has 0 atom stereocenters. The van der Waals surface area contributed by atoms with Gasteiger partial charge in [0.2, 0.25) is 0 Å². The first kappa shape index (κ1) is 9.94. The maximum atomic E-state index is 3.59. The Labute approximate surface area is 96.7 Å². The summed E-state index contributed by atoms with van der Waals surface area (Å²) >= 11 is 5.37. The van der Waals surface area contributed by atoms with Crippen LogP contribution in [0.5, 0.6) is 0 Å². The molecule has 0 saturated heterocycles. The molecule has 0 unspecified atom stereocenters. The Morgan fingerprint density at radius 3 is 2.64 bits per heavy atom. The third-order valence-corrected chi connectivity index (χ3v) is 4.00. The Bertz CT molecular complexity index is 444. The third-order valence-electron chi connectivity index (χ3n) is 2.28. The lowest BCUT2D eigenvalue weighted by molar-refractivity contribution is 1.37. The second-order valence-electron chi connectivity index (χ2n) is 3.40. The summed E-state index contributed by atoms with van der Waals surface area (Å²) in [7, 11) is 0. The molecule has 1 aromatic carbocycles. The SMILES string of the molecule is Cc1cc(Br)c(C)c(-c2cccs2)c1. The molecule has 2 rings (SSSR count). The zero-order valence-electron chi connectivity index (χ0n) is 8.17. The summed E-state index contributed by atoms with van der Waals surface area (Å²) in [5.41, 5.74) is 3.95. The van der Waals surface area contributed by atoms with Crippen molar-refractivity contribution in [3.63, 3.8) is 0 Å². The molecule has 2 heteroatoms. The van der Waals surface area contributed by atoms with Crippen LogP contribution in [0.4, 0.5) is 0 Å². The summed E-state index contributed by atoms with van der Waals surface area (Å²) in [4.78, 5) is 1.34. The van der Waals surface area contributed by atoms with Crippen LogP contribution in [0.15, 0.2) is 34.1 Å². The van der Waals surface area contributed by atoms with E-state index in [4.69, 9.17) is 0 Å². The van der Waals surface area contributed by atoms with Gasteiger partial charge in [0.25, 0.3) is 0 Å². The van der Waals surface area contributed by atoms with Crippen molar-refractivity contribution in [2.45, 2.75) is 13.8 Å². The molecule has 72 valence electrons. The lowest BCUT2D eigenvalue weighted by atomic mass is 10.0. The largest absolute Gasteiger partial charge is 0.144 e. The van der Waals surface area contributed by atoms with Crippen LogP contribution in [0.25, 0.3) is 10.4 Å². The highest BCUT2D eigenvalue weighted by Crippen LogP contribution is 2.32. The summed E-state index contributed by atoms with van der Waals surface area (Å²) in [5, 5.41) is 2.12. The second-order valence-corrected chi connectivity index (χ2v) is 5.20. The Morgan fingerprint density at radius 1 is 1.21 bits per heavy atom. The Morgan fingerprint density at radius 2 is 2.00 bits per heavy atom. The predicted octanol–water partition coefficient (Wildman–Crippen LogP) is 4.79. The van der Waals surface area contributed by atoms with Gasteiger partial charge in [-0.15, -0.1) is 11.3 Å². The van der Waals surface area contributed by atoms with E-state index in [1.807, 2.05) is 0 Å². The molecule has 0 nitrogen and oxygen atoms in total. The second kappa shape index (κ2) is 3.87. The highest BCUT2D eigenvalue weighted by molar-refractivity contribution is 9.10. The standard InChI is InChI=1S/C12H11BrS/c1-8-6-10(9(2)11(13)7-8)12-4-3-5-14-12/h3-7H,1-2H3. The molecule has 0 saturated carbocycles. The molecule has 14 heavy (non-hydrogen) atoms. The van der Waals surface area contributed by atoms with E-state index in [9.17, 15) is 0 Å². The molecule has 0 aliphatic heterocycles. The maximum absolute atomic E-state index is 3.59. The average Bonchev–Trinajstić information content (AvgIpc) is 2.63. The van der Waals surface area contributed by atoms with E-state index in [1.165, 1.54) is 26.0 Å². The van der Waals surface area contributed by atoms with Gasteiger partial charge in [0.15, 0.2) is 0 Å². The van der Waals surface area contributed by atoms with Crippen molar-refractivity contribution in [1.29, 1.82) is 0 Å². The molecule has 2 aromatic rings. The zero-order chi connectivity index (χ0) is 10.1. The molecule has 0 aliphatic rings. The van der Waals surface area contributed by atoms with Gasteiger partial charge in [-0.25, -0.2) is 0 Å². The number of halogens is 1. The summed E-state index contributed by atoms with van der Waals surface area (Å²) < 4.78 is 1.20. The first-order chi connectivity index (χ1) is 6.68. The molecule has 1 heterocycles. The van der Waals surface area contributed by atoms with Gasteiger partial charge in [0.05, 0.1) is 0 Å². The van der Waals surface area contributed by atoms with Gasteiger partial charge in [0.1, 0.15) is 0 Å². The number of thiophene rings is 1. The first-order valence-corrected chi connectivity index (χ1v) is 6.16. The monoisotopic (exact) mass is 266 g/mol. The van der Waals surface area contributed by atoms with E-state index in [-0.39, 0.29) is 0 Å². The molecule has 0 N–H and O–H groups in total. The first-order valence-electron chi connectivity index (χ1n) is 4.49. The average molecular weight is 267 g/mol. The lowest BCUT2D eigenvalue weighted by Gasteiger charge is -2.07. The van der Waals surface area contributed by atoms with E-state index in [2.05, 4.69) is 59.4 Å². The van der Waals surface area contributed by atoms with Gasteiger partial charge in [-0.3, -0.25) is 0 Å². The van der Waals surface area contributed by atoms with Crippen LogP contribution in [0, 0.1) is 13.8 Å². The van der Waals surface area contributed by atoms with Gasteiger partial charge in [0, 0.05) is 9.35 Å². The van der Waals surface area contributed by atoms with Crippen molar-refractivity contribution >= 4 is 27.3 Å². The van der Waals surface area contributed by atoms with Crippen molar-refractivity contribution in [3.05, 3.63) is 45.2 Å². The van der Waals surface area contributed by atoms with Crippen LogP contribution in [-0.4, -0.2) is 0 Å². The zero-order valence-corrected chi connectivity index (χ0v) is 10.6. The Balaban J connectivity index is 2.64. The highest BCUT2D eigenvalue weighted by Gasteiger charge is 2.06.